The van der Waals surface area contributed by atoms with Crippen molar-refractivity contribution in [2.45, 2.75) is 17.9 Å². The van der Waals surface area contributed by atoms with Gasteiger partial charge in [0.15, 0.2) is 5.37 Å². The summed E-state index contributed by atoms with van der Waals surface area (Å²) in [5, 5.41) is 36.2. The van der Waals surface area contributed by atoms with Gasteiger partial charge in [0.05, 0.1) is 0 Å². The van der Waals surface area contributed by atoms with Crippen molar-refractivity contribution in [3.63, 3.8) is 0 Å². The van der Waals surface area contributed by atoms with Gasteiger partial charge in [0.25, 0.3) is 11.5 Å². The molecule has 0 aromatic carbocycles. The average Bonchev–Trinajstić information content (AvgIpc) is 2.32. The van der Waals surface area contributed by atoms with E-state index in [1.807, 2.05) is 0 Å². The molecule has 10 heteroatoms. The Labute approximate surface area is 111 Å². The highest BCUT2D eigenvalue weighted by molar-refractivity contribution is 7.99. The highest BCUT2D eigenvalue weighted by Gasteiger charge is 2.53. The molecule has 0 rings (SSSR count). The van der Waals surface area contributed by atoms with Gasteiger partial charge >= 0.3 is 17.9 Å². The second kappa shape index (κ2) is 6.38. The van der Waals surface area contributed by atoms with E-state index in [4.69, 9.17) is 15.3 Å². The van der Waals surface area contributed by atoms with Crippen LogP contribution in [0.5, 0.6) is 0 Å². The fraction of sp³-hybridized carbons (Fsp3) is 0.556. The molecule has 9 nitrogen and oxygen atoms in total. The molecule has 3 atom stereocenters. The number of carboxylic acid groups (broad SMARTS) is 3. The van der Waals surface area contributed by atoms with Gasteiger partial charge in [-0.25, -0.2) is 9.59 Å². The SMILES string of the molecule is CSC(NC(=O)C(O)(C(=O)O)C(C)C(=O)O)C(=O)O. The van der Waals surface area contributed by atoms with Crippen LogP contribution in [0.1, 0.15) is 6.92 Å². The number of rotatable bonds is 7. The predicted molar refractivity (Wildman–Crippen MR) is 62.5 cm³/mol. The predicted octanol–water partition coefficient (Wildman–Crippen LogP) is -1.59. The van der Waals surface area contributed by atoms with Crippen LogP contribution >= 0.6 is 11.8 Å². The molecule has 0 spiro atoms. The quantitative estimate of drug-likeness (QED) is 0.275. The zero-order valence-corrected chi connectivity index (χ0v) is 10.8. The third kappa shape index (κ3) is 3.58. The van der Waals surface area contributed by atoms with Crippen LogP contribution in [0.3, 0.4) is 0 Å². The standard InChI is InChI=1S/C9H13NO8S/c1-3(5(11)12)9(18,8(16)17)7(15)10-4(19-2)6(13)14/h3-4,18H,1-2H3,(H,10,15)(H,11,12)(H,13,14)(H,16,17). The normalized spacial score (nSPS) is 16.8. The van der Waals surface area contributed by atoms with Gasteiger partial charge in [-0.15, -0.1) is 11.8 Å². The molecule has 0 saturated carbocycles. The number of carbonyl (C=O) groups excluding carboxylic acids is 1. The van der Waals surface area contributed by atoms with Crippen molar-refractivity contribution in [3.8, 4) is 0 Å². The molecule has 0 aromatic rings. The minimum atomic E-state index is -3.25. The molecule has 0 bridgehead atoms. The number of carbonyl (C=O) groups is 4. The lowest BCUT2D eigenvalue weighted by atomic mass is 9.88. The Morgan fingerprint density at radius 1 is 1.11 bits per heavy atom. The Hall–Kier alpha value is -1.81. The zero-order chi connectivity index (χ0) is 15.4. The van der Waals surface area contributed by atoms with Gasteiger partial charge in [-0.1, -0.05) is 0 Å². The average molecular weight is 295 g/mol. The van der Waals surface area contributed by atoms with E-state index < -0.39 is 40.7 Å². The molecule has 3 unspecified atom stereocenters. The van der Waals surface area contributed by atoms with Gasteiger partial charge in [0.1, 0.15) is 5.92 Å². The molecule has 0 saturated heterocycles. The summed E-state index contributed by atoms with van der Waals surface area (Å²) in [4.78, 5) is 44.0. The summed E-state index contributed by atoms with van der Waals surface area (Å²) in [6.45, 7) is 0.824. The molecule has 108 valence electrons. The molecule has 0 radical (unpaired) electrons. The van der Waals surface area contributed by atoms with Crippen molar-refractivity contribution < 1.29 is 39.6 Å². The molecular weight excluding hydrogens is 282 g/mol. The fourth-order valence-electron chi connectivity index (χ4n) is 1.11. The van der Waals surface area contributed by atoms with E-state index in [9.17, 15) is 24.3 Å². The van der Waals surface area contributed by atoms with E-state index in [1.165, 1.54) is 6.26 Å². The van der Waals surface area contributed by atoms with E-state index in [0.29, 0.717) is 11.8 Å². The molecule has 0 heterocycles. The Morgan fingerprint density at radius 3 is 1.84 bits per heavy atom. The van der Waals surface area contributed by atoms with Crippen molar-refractivity contribution in [2.75, 3.05) is 6.26 Å². The van der Waals surface area contributed by atoms with Gasteiger partial charge < -0.3 is 25.7 Å². The van der Waals surface area contributed by atoms with Crippen molar-refractivity contribution in [2.24, 2.45) is 5.92 Å². The summed E-state index contributed by atoms with van der Waals surface area (Å²) in [5.74, 6) is -8.81. The number of hydrogen-bond donors (Lipinski definition) is 5. The van der Waals surface area contributed by atoms with Crippen LogP contribution in [0, 0.1) is 5.92 Å². The van der Waals surface area contributed by atoms with Crippen LogP contribution in [-0.2, 0) is 19.2 Å². The molecule has 19 heavy (non-hydrogen) atoms. The lowest BCUT2D eigenvalue weighted by Gasteiger charge is -2.27. The van der Waals surface area contributed by atoms with Crippen molar-refractivity contribution >= 4 is 35.6 Å². The second-order valence-electron chi connectivity index (χ2n) is 3.56. The monoisotopic (exact) mass is 295 g/mol. The highest BCUT2D eigenvalue weighted by atomic mass is 32.2. The third-order valence-electron chi connectivity index (χ3n) is 2.39. The molecule has 0 aliphatic carbocycles. The van der Waals surface area contributed by atoms with Crippen molar-refractivity contribution in [1.29, 1.82) is 0 Å². The van der Waals surface area contributed by atoms with E-state index in [-0.39, 0.29) is 0 Å². The summed E-state index contributed by atoms with van der Waals surface area (Å²) in [5.41, 5.74) is -3.25. The Bertz CT molecular complexity index is 411. The maximum Gasteiger partial charge on any atom is 0.346 e. The largest absolute Gasteiger partial charge is 0.481 e. The van der Waals surface area contributed by atoms with Crippen LogP contribution in [-0.4, -0.2) is 61.5 Å². The summed E-state index contributed by atoms with van der Waals surface area (Å²) in [6, 6.07) is 0. The maximum atomic E-state index is 11.6. The number of amides is 1. The Balaban J connectivity index is 5.32. The van der Waals surface area contributed by atoms with Gasteiger partial charge in [-0.3, -0.25) is 9.59 Å². The number of hydrogen-bond acceptors (Lipinski definition) is 6. The lowest BCUT2D eigenvalue weighted by Crippen LogP contribution is -2.60. The zero-order valence-electron chi connectivity index (χ0n) is 9.98. The number of thioether (sulfide) groups is 1. The first-order chi connectivity index (χ1) is 8.58. The summed E-state index contributed by atoms with van der Waals surface area (Å²) in [7, 11) is 0. The summed E-state index contributed by atoms with van der Waals surface area (Å²) < 4.78 is 0. The topological polar surface area (TPSA) is 161 Å². The minimum absolute atomic E-state index is 0.671. The number of nitrogens with one attached hydrogen (secondary N) is 1. The van der Waals surface area contributed by atoms with Gasteiger partial charge in [0, 0.05) is 0 Å². The van der Waals surface area contributed by atoms with Crippen LogP contribution < -0.4 is 5.32 Å². The van der Waals surface area contributed by atoms with Gasteiger partial charge in [0.2, 0.25) is 0 Å². The van der Waals surface area contributed by atoms with Crippen molar-refractivity contribution in [3.05, 3.63) is 0 Å². The highest BCUT2D eigenvalue weighted by Crippen LogP contribution is 2.20. The molecule has 1 amide bonds. The van der Waals surface area contributed by atoms with Crippen LogP contribution in [0.15, 0.2) is 0 Å². The van der Waals surface area contributed by atoms with E-state index >= 15 is 0 Å². The maximum absolute atomic E-state index is 11.6. The molecular formula is C9H13NO8S. The van der Waals surface area contributed by atoms with E-state index in [2.05, 4.69) is 0 Å². The summed E-state index contributed by atoms with van der Waals surface area (Å²) in [6.07, 6.45) is 1.33. The van der Waals surface area contributed by atoms with Crippen LogP contribution in [0.25, 0.3) is 0 Å². The molecule has 0 aliphatic rings. The first kappa shape index (κ1) is 17.2. The molecule has 5 N–H and O–H groups in total. The minimum Gasteiger partial charge on any atom is -0.481 e. The van der Waals surface area contributed by atoms with Crippen molar-refractivity contribution in [1.82, 2.24) is 5.32 Å². The fourth-order valence-corrected chi connectivity index (χ4v) is 1.53. The van der Waals surface area contributed by atoms with Gasteiger partial charge in [-0.05, 0) is 13.2 Å². The lowest BCUT2D eigenvalue weighted by molar-refractivity contribution is -0.179. The number of aliphatic carboxylic acids is 3. The Morgan fingerprint density at radius 2 is 1.58 bits per heavy atom. The van der Waals surface area contributed by atoms with E-state index in [1.54, 1.807) is 5.32 Å². The second-order valence-corrected chi connectivity index (χ2v) is 4.50. The number of carboxylic acids is 3. The molecule has 0 fully saturated rings. The first-order valence-electron chi connectivity index (χ1n) is 4.84. The number of aliphatic hydroxyl groups is 1. The smallest absolute Gasteiger partial charge is 0.346 e. The van der Waals surface area contributed by atoms with Crippen LogP contribution in [0.2, 0.25) is 0 Å². The first-order valence-corrected chi connectivity index (χ1v) is 6.12. The van der Waals surface area contributed by atoms with Crippen LogP contribution in [0.4, 0.5) is 0 Å². The molecule has 0 aromatic heterocycles. The molecule has 0 aliphatic heterocycles. The van der Waals surface area contributed by atoms with E-state index in [0.717, 1.165) is 6.92 Å². The van der Waals surface area contributed by atoms with Gasteiger partial charge in [-0.2, -0.15) is 0 Å². The third-order valence-corrected chi connectivity index (χ3v) is 3.18. The Kier molecular flexibility index (Phi) is 5.78. The summed E-state index contributed by atoms with van der Waals surface area (Å²) >= 11 is 0.671.